The Morgan fingerprint density at radius 2 is 0.537 bits per heavy atom. The second-order valence-electron chi connectivity index (χ2n) is 9.86. The molecule has 0 bridgehead atoms. The molecule has 54 heavy (non-hydrogen) atoms. The number of aliphatic carboxylic acids is 4. The van der Waals surface area contributed by atoms with Gasteiger partial charge in [-0.15, -0.1) is 0 Å². The first kappa shape index (κ1) is 56.1. The van der Waals surface area contributed by atoms with Gasteiger partial charge in [0.15, 0.2) is 0 Å². The Morgan fingerprint density at radius 1 is 0.389 bits per heavy atom. The summed E-state index contributed by atoms with van der Waals surface area (Å²) in [4.78, 5) is 40.4. The van der Waals surface area contributed by atoms with E-state index < -0.39 is 23.9 Å². The van der Waals surface area contributed by atoms with Crippen molar-refractivity contribution >= 4 is 23.9 Å². The summed E-state index contributed by atoms with van der Waals surface area (Å²) in [6, 6.07) is 25.1. The van der Waals surface area contributed by atoms with Crippen LogP contribution in [0.25, 0.3) is 0 Å². The van der Waals surface area contributed by atoms with Crippen LogP contribution in [-0.2, 0) is 61.9 Å². The molecule has 12 N–H and O–H groups in total. The zero-order valence-corrected chi connectivity index (χ0v) is 32.7. The molecule has 4 aromatic carbocycles. The third-order valence-corrected chi connectivity index (χ3v) is 5.64. The minimum Gasteiger partial charge on any atom is -0.550 e. The van der Waals surface area contributed by atoms with E-state index in [1.165, 1.54) is 24.3 Å². The van der Waals surface area contributed by atoms with Gasteiger partial charge in [0.25, 0.3) is 0 Å². The van der Waals surface area contributed by atoms with Crippen LogP contribution in [0.1, 0.15) is 22.3 Å². The summed E-state index contributed by atoms with van der Waals surface area (Å²) in [5, 5.41) is 76.7. The van der Waals surface area contributed by atoms with Crippen LogP contribution in [0, 0.1) is 0 Å². The number of aromatic hydroxyl groups is 4. The molecule has 0 saturated heterocycles. The van der Waals surface area contributed by atoms with Crippen molar-refractivity contribution in [1.29, 1.82) is 0 Å². The molecule has 18 heteroatoms. The van der Waals surface area contributed by atoms with Crippen LogP contribution in [0.15, 0.2) is 97.1 Å². The van der Waals surface area contributed by atoms with Crippen molar-refractivity contribution in [1.82, 2.24) is 0 Å². The second kappa shape index (κ2) is 35.4. The summed E-state index contributed by atoms with van der Waals surface area (Å²) in [5.74, 6) is -4.77. The van der Waals surface area contributed by atoms with Crippen molar-refractivity contribution in [3.05, 3.63) is 119 Å². The van der Waals surface area contributed by atoms with Crippen LogP contribution in [0.4, 0.5) is 0 Å². The number of phenols is 4. The van der Waals surface area contributed by atoms with Gasteiger partial charge in [-0.1, -0.05) is 72.8 Å². The molecule has 0 aromatic heterocycles. The number of carboxylic acid groups (broad SMARTS) is 4. The molecule has 0 amide bonds. The minimum atomic E-state index is -1.19. The van der Waals surface area contributed by atoms with Crippen LogP contribution in [-0.4, -0.2) is 70.5 Å². The summed E-state index contributed by atoms with van der Waals surface area (Å²) >= 11 is 0. The van der Waals surface area contributed by atoms with Crippen molar-refractivity contribution < 1.29 is 107 Å². The Bertz CT molecular complexity index is 1400. The topological polar surface area (TPSA) is 346 Å². The molecule has 0 saturated carbocycles. The van der Waals surface area contributed by atoms with Gasteiger partial charge in [-0.2, -0.15) is 0 Å². The Morgan fingerprint density at radius 3 is 0.648 bits per heavy atom. The van der Waals surface area contributed by atoms with Gasteiger partial charge >= 0.3 is 46.6 Å². The fourth-order valence-corrected chi connectivity index (χ4v) is 3.26. The predicted molar refractivity (Wildman–Crippen MR) is 183 cm³/mol. The number of rotatable bonds is 10. The fraction of sp³-hybridized carbons (Fsp3) is 0.222. The summed E-state index contributed by atoms with van der Waals surface area (Å²) in [7, 11) is 0. The first-order valence-corrected chi connectivity index (χ1v) is 15.3. The average Bonchev–Trinajstić information content (AvgIpc) is 3.09. The Kier molecular flexibility index (Phi) is 36.7. The zero-order valence-electron chi connectivity index (χ0n) is 29.6. The fourth-order valence-electron chi connectivity index (χ4n) is 3.26. The van der Waals surface area contributed by atoms with Gasteiger partial charge in [-0.25, -0.2) is 0 Å². The van der Waals surface area contributed by atoms with E-state index in [1.807, 2.05) is 0 Å². The number of hydrogen-bond acceptors (Lipinski definition) is 16. The van der Waals surface area contributed by atoms with Crippen LogP contribution >= 0.6 is 0 Å². The maximum atomic E-state index is 10.1. The number of hydrogen-bond donors (Lipinski definition) is 8. The van der Waals surface area contributed by atoms with Crippen molar-refractivity contribution in [3.8, 4) is 23.0 Å². The number of para-hydroxylation sites is 4. The normalized spacial score (nSPS) is 8.81. The van der Waals surface area contributed by atoms with Crippen molar-refractivity contribution in [2.75, 3.05) is 26.2 Å². The molecule has 16 nitrogen and oxygen atoms in total. The number of carbonyl (C=O) groups excluding carboxylic acids is 4. The van der Waals surface area contributed by atoms with E-state index in [0.29, 0.717) is 48.4 Å². The van der Waals surface area contributed by atoms with Gasteiger partial charge in [-0.05, 0) is 46.5 Å². The molecule has 0 aliphatic heterocycles. The molecule has 0 unspecified atom stereocenters. The maximum Gasteiger partial charge on any atom is 3.00 e. The van der Waals surface area contributed by atoms with E-state index in [9.17, 15) is 39.6 Å². The van der Waals surface area contributed by atoms with E-state index in [2.05, 4.69) is 0 Å². The van der Waals surface area contributed by atoms with E-state index >= 15 is 0 Å². The van der Waals surface area contributed by atoms with Crippen molar-refractivity contribution in [2.45, 2.75) is 25.7 Å². The molecular formula is C36H44FeN4NaO12. The van der Waals surface area contributed by atoms with Gasteiger partial charge in [0.2, 0.25) is 0 Å². The number of phenolic OH excluding ortho intramolecular Hbond substituents is 4. The molecule has 0 aliphatic rings. The predicted octanol–water partition coefficient (Wildman–Crippen LogP) is -6.45. The van der Waals surface area contributed by atoms with Gasteiger partial charge in [0.05, 0.1) is 0 Å². The van der Waals surface area contributed by atoms with Crippen LogP contribution < -0.4 is 72.9 Å². The summed E-state index contributed by atoms with van der Waals surface area (Å²) < 4.78 is 0. The Labute approximate surface area is 345 Å². The Balaban J connectivity index is -0.000000286. The van der Waals surface area contributed by atoms with Crippen LogP contribution in [0.3, 0.4) is 0 Å². The van der Waals surface area contributed by atoms with Gasteiger partial charge in [-0.3, -0.25) is 0 Å². The SMILES string of the molecule is NCCN.NCCN.O=C([O-])Cc1ccccc1O.O=C([O-])Cc1ccccc1O.O=C([O-])Cc1ccccc1O.O=C([O-])Cc1ccccc1O.[Fe+3].[Na+]. The molecule has 0 heterocycles. The minimum absolute atomic E-state index is 0. The largest absolute Gasteiger partial charge is 3.00 e. The second-order valence-corrected chi connectivity index (χ2v) is 9.86. The molecule has 4 aromatic rings. The Hall–Kier alpha value is -4.68. The zero-order chi connectivity index (χ0) is 39.9. The molecular weight excluding hydrogens is 759 g/mol. The molecule has 1 radical (unpaired) electrons. The summed E-state index contributed by atoms with van der Waals surface area (Å²) in [6.07, 6.45) is -0.974. The quantitative estimate of drug-likeness (QED) is 0.0691. The van der Waals surface area contributed by atoms with Crippen molar-refractivity contribution in [2.24, 2.45) is 22.9 Å². The number of carbonyl (C=O) groups is 4. The van der Waals surface area contributed by atoms with Crippen LogP contribution in [0.5, 0.6) is 23.0 Å². The van der Waals surface area contributed by atoms with Gasteiger partial charge in [0, 0.05) is 75.7 Å². The maximum absolute atomic E-state index is 10.1. The first-order valence-electron chi connectivity index (χ1n) is 15.3. The first-order chi connectivity index (χ1) is 24.6. The van der Waals surface area contributed by atoms with E-state index in [-0.39, 0.29) is 95.3 Å². The standard InChI is InChI=1S/4C8H8O3.2C2H8N2.Fe.Na/c4*9-7-4-2-1-3-6(7)5-8(10)11;2*3-1-2-4;;/h4*1-4,9H,5H2,(H,10,11);2*1-4H2;;/q;;;;;;+3;+1/p-4. The summed E-state index contributed by atoms with van der Waals surface area (Å²) in [6.45, 7) is 2.39. The number of nitrogens with two attached hydrogens (primary N) is 4. The molecule has 0 aliphatic carbocycles. The molecule has 289 valence electrons. The van der Waals surface area contributed by atoms with Crippen molar-refractivity contribution in [3.63, 3.8) is 0 Å². The third-order valence-electron chi connectivity index (χ3n) is 5.64. The van der Waals surface area contributed by atoms with E-state index in [1.54, 1.807) is 72.8 Å². The monoisotopic (exact) mass is 803 g/mol. The van der Waals surface area contributed by atoms with Gasteiger partial charge < -0.3 is 83.0 Å². The smallest absolute Gasteiger partial charge is 0.550 e. The van der Waals surface area contributed by atoms with E-state index in [4.69, 9.17) is 43.4 Å². The summed E-state index contributed by atoms with van der Waals surface area (Å²) in [5.41, 5.74) is 21.1. The third kappa shape index (κ3) is 30.9. The van der Waals surface area contributed by atoms with E-state index in [0.717, 1.165) is 0 Å². The number of carboxylic acids is 4. The van der Waals surface area contributed by atoms with Crippen LogP contribution in [0.2, 0.25) is 0 Å². The number of benzene rings is 4. The average molecular weight is 804 g/mol. The molecule has 0 atom stereocenters. The van der Waals surface area contributed by atoms with Gasteiger partial charge in [0.1, 0.15) is 23.0 Å². The molecule has 0 spiro atoms. The molecule has 0 fully saturated rings. The molecule has 4 rings (SSSR count).